The number of allylic oxidation sites excluding steroid dienone is 1. The molecule has 1 rings (SSSR count). The molecule has 0 aromatic heterocycles. The lowest BCUT2D eigenvalue weighted by atomic mass is 10.1. The van der Waals surface area contributed by atoms with Crippen molar-refractivity contribution in [3.05, 3.63) is 41.0 Å². The molecule has 0 spiro atoms. The van der Waals surface area contributed by atoms with Crippen LogP contribution in [0.2, 0.25) is 0 Å². The zero-order chi connectivity index (χ0) is 9.68. The van der Waals surface area contributed by atoms with Crippen LogP contribution in [-0.2, 0) is 0 Å². The predicted molar refractivity (Wildman–Crippen MR) is 63.4 cm³/mol. The maximum absolute atomic E-state index is 3.40. The Morgan fingerprint density at radius 2 is 2.08 bits per heavy atom. The molecule has 70 valence electrons. The molecule has 0 nitrogen and oxygen atoms in total. The van der Waals surface area contributed by atoms with E-state index in [9.17, 15) is 0 Å². The number of hydrogen-bond donors (Lipinski definition) is 0. The fraction of sp³-hybridized carbons (Fsp3) is 0.333. The van der Waals surface area contributed by atoms with E-state index in [4.69, 9.17) is 0 Å². The summed E-state index contributed by atoms with van der Waals surface area (Å²) in [5, 5.41) is 1.04. The molecule has 0 saturated carbocycles. The number of benzene rings is 1. The molecule has 0 fully saturated rings. The Kier molecular flexibility index (Phi) is 4.23. The summed E-state index contributed by atoms with van der Waals surface area (Å²) in [5.41, 5.74) is 4.00. The van der Waals surface area contributed by atoms with E-state index >= 15 is 0 Å². The molecule has 0 heterocycles. The van der Waals surface area contributed by atoms with Crippen molar-refractivity contribution in [3.8, 4) is 0 Å². The summed E-state index contributed by atoms with van der Waals surface area (Å²) in [7, 11) is 0. The van der Waals surface area contributed by atoms with Gasteiger partial charge in [-0.3, -0.25) is 0 Å². The first-order chi connectivity index (χ1) is 6.24. The van der Waals surface area contributed by atoms with Gasteiger partial charge < -0.3 is 0 Å². The second kappa shape index (κ2) is 5.23. The summed E-state index contributed by atoms with van der Waals surface area (Å²) in [5.74, 6) is 0. The Morgan fingerprint density at radius 3 is 2.77 bits per heavy atom. The van der Waals surface area contributed by atoms with Gasteiger partial charge in [0.2, 0.25) is 0 Å². The molecule has 0 aliphatic rings. The molecule has 13 heavy (non-hydrogen) atoms. The molecule has 0 amide bonds. The highest BCUT2D eigenvalue weighted by atomic mass is 79.9. The predicted octanol–water partition coefficient (Wildman–Crippen LogP) is 4.10. The van der Waals surface area contributed by atoms with E-state index in [1.54, 1.807) is 0 Å². The third-order valence-corrected chi connectivity index (χ3v) is 2.47. The SMILES string of the molecule is Cc1ccc(C)c(C=CCCBr)c1. The number of rotatable bonds is 3. The normalized spacial score (nSPS) is 11.0. The Morgan fingerprint density at radius 1 is 1.31 bits per heavy atom. The van der Waals surface area contributed by atoms with E-state index in [2.05, 4.69) is 60.1 Å². The molecule has 0 aliphatic carbocycles. The maximum atomic E-state index is 3.40. The third-order valence-electron chi connectivity index (χ3n) is 2.01. The van der Waals surface area contributed by atoms with E-state index in [1.807, 2.05) is 0 Å². The fourth-order valence-corrected chi connectivity index (χ4v) is 1.48. The van der Waals surface area contributed by atoms with Crippen LogP contribution in [0.25, 0.3) is 6.08 Å². The van der Waals surface area contributed by atoms with Crippen LogP contribution in [0.1, 0.15) is 23.1 Å². The average Bonchev–Trinajstić information content (AvgIpc) is 2.11. The van der Waals surface area contributed by atoms with Gasteiger partial charge in [-0.05, 0) is 31.4 Å². The highest BCUT2D eigenvalue weighted by Gasteiger charge is 1.93. The van der Waals surface area contributed by atoms with E-state index in [1.165, 1.54) is 16.7 Å². The van der Waals surface area contributed by atoms with Crippen LogP contribution in [0.3, 0.4) is 0 Å². The average molecular weight is 239 g/mol. The van der Waals surface area contributed by atoms with Crippen molar-refractivity contribution in [1.82, 2.24) is 0 Å². The van der Waals surface area contributed by atoms with Crippen LogP contribution in [0.4, 0.5) is 0 Å². The number of hydrogen-bond acceptors (Lipinski definition) is 0. The molecule has 0 radical (unpaired) electrons. The van der Waals surface area contributed by atoms with Crippen molar-refractivity contribution in [3.63, 3.8) is 0 Å². The smallest absolute Gasteiger partial charge is 0.00660 e. The maximum Gasteiger partial charge on any atom is 0.00660 e. The molecule has 0 bridgehead atoms. The van der Waals surface area contributed by atoms with Crippen LogP contribution < -0.4 is 0 Å². The van der Waals surface area contributed by atoms with Gasteiger partial charge in [-0.2, -0.15) is 0 Å². The summed E-state index contributed by atoms with van der Waals surface area (Å²) in [6, 6.07) is 6.54. The lowest BCUT2D eigenvalue weighted by Crippen LogP contribution is -1.81. The van der Waals surface area contributed by atoms with Gasteiger partial charge in [0.05, 0.1) is 0 Å². The fourth-order valence-electron chi connectivity index (χ4n) is 1.21. The number of halogens is 1. The van der Waals surface area contributed by atoms with Crippen LogP contribution >= 0.6 is 15.9 Å². The molecule has 0 atom stereocenters. The largest absolute Gasteiger partial charge is 0.0925 e. The van der Waals surface area contributed by atoms with Crippen molar-refractivity contribution >= 4 is 22.0 Å². The highest BCUT2D eigenvalue weighted by Crippen LogP contribution is 2.12. The van der Waals surface area contributed by atoms with Gasteiger partial charge in [-0.1, -0.05) is 51.8 Å². The number of aryl methyl sites for hydroxylation is 2. The number of alkyl halides is 1. The molecule has 0 N–H and O–H groups in total. The Labute approximate surface area is 88.8 Å². The topological polar surface area (TPSA) is 0 Å². The van der Waals surface area contributed by atoms with Crippen LogP contribution in [-0.4, -0.2) is 5.33 Å². The van der Waals surface area contributed by atoms with Crippen molar-refractivity contribution in [2.24, 2.45) is 0 Å². The van der Waals surface area contributed by atoms with E-state index < -0.39 is 0 Å². The molecule has 1 aromatic carbocycles. The Hall–Kier alpha value is -0.560. The molecule has 0 saturated heterocycles. The molecule has 1 aromatic rings. The van der Waals surface area contributed by atoms with Gasteiger partial charge in [0.1, 0.15) is 0 Å². The van der Waals surface area contributed by atoms with Crippen molar-refractivity contribution in [2.75, 3.05) is 5.33 Å². The monoisotopic (exact) mass is 238 g/mol. The lowest BCUT2D eigenvalue weighted by molar-refractivity contribution is 1.27. The summed E-state index contributed by atoms with van der Waals surface area (Å²) >= 11 is 3.40. The van der Waals surface area contributed by atoms with Gasteiger partial charge >= 0.3 is 0 Å². The standard InChI is InChI=1S/C12H15Br/c1-10-6-7-11(2)12(9-10)5-3-4-8-13/h3,5-7,9H,4,8H2,1-2H3. The first-order valence-corrected chi connectivity index (χ1v) is 5.66. The quantitative estimate of drug-likeness (QED) is 0.696. The van der Waals surface area contributed by atoms with Crippen molar-refractivity contribution in [2.45, 2.75) is 20.3 Å². The van der Waals surface area contributed by atoms with Crippen LogP contribution in [0.5, 0.6) is 0 Å². The summed E-state index contributed by atoms with van der Waals surface area (Å²) in [6.45, 7) is 4.27. The second-order valence-electron chi connectivity index (χ2n) is 3.24. The Balaban J connectivity index is 2.81. The molecular weight excluding hydrogens is 224 g/mol. The summed E-state index contributed by atoms with van der Waals surface area (Å²) in [4.78, 5) is 0. The van der Waals surface area contributed by atoms with Gasteiger partial charge in [0.25, 0.3) is 0 Å². The molecular formula is C12H15Br. The second-order valence-corrected chi connectivity index (χ2v) is 4.03. The highest BCUT2D eigenvalue weighted by molar-refractivity contribution is 9.09. The van der Waals surface area contributed by atoms with E-state index in [0.29, 0.717) is 0 Å². The first-order valence-electron chi connectivity index (χ1n) is 4.54. The summed E-state index contributed by atoms with van der Waals surface area (Å²) < 4.78 is 0. The van der Waals surface area contributed by atoms with Crippen LogP contribution in [0.15, 0.2) is 24.3 Å². The van der Waals surface area contributed by atoms with Crippen LogP contribution in [0, 0.1) is 13.8 Å². The van der Waals surface area contributed by atoms with Gasteiger partial charge in [-0.25, -0.2) is 0 Å². The van der Waals surface area contributed by atoms with Gasteiger partial charge in [0.15, 0.2) is 0 Å². The summed E-state index contributed by atoms with van der Waals surface area (Å²) in [6.07, 6.45) is 5.49. The zero-order valence-corrected chi connectivity index (χ0v) is 9.76. The van der Waals surface area contributed by atoms with Crippen molar-refractivity contribution in [1.29, 1.82) is 0 Å². The molecule has 0 unspecified atom stereocenters. The van der Waals surface area contributed by atoms with Crippen molar-refractivity contribution < 1.29 is 0 Å². The Bertz CT molecular complexity index is 300. The zero-order valence-electron chi connectivity index (χ0n) is 8.18. The minimum Gasteiger partial charge on any atom is -0.0925 e. The lowest BCUT2D eigenvalue weighted by Gasteiger charge is -2.01. The molecule has 1 heteroatoms. The minimum atomic E-state index is 1.04. The van der Waals surface area contributed by atoms with E-state index in [-0.39, 0.29) is 0 Å². The molecule has 0 aliphatic heterocycles. The van der Waals surface area contributed by atoms with Gasteiger partial charge in [-0.15, -0.1) is 0 Å². The van der Waals surface area contributed by atoms with Gasteiger partial charge in [0, 0.05) is 5.33 Å². The minimum absolute atomic E-state index is 1.04. The first kappa shape index (κ1) is 10.5. The van der Waals surface area contributed by atoms with E-state index in [0.717, 1.165) is 11.8 Å². The third kappa shape index (κ3) is 3.35.